The highest BCUT2D eigenvalue weighted by molar-refractivity contribution is 6.07. The van der Waals surface area contributed by atoms with E-state index in [2.05, 4.69) is 158 Å². The first-order valence-electron chi connectivity index (χ1n) is 16.5. The van der Waals surface area contributed by atoms with Crippen LogP contribution in [0.1, 0.15) is 0 Å². The van der Waals surface area contributed by atoms with E-state index in [-0.39, 0.29) is 0 Å². The number of hydrogen-bond donors (Lipinski definition) is 0. The fourth-order valence-corrected chi connectivity index (χ4v) is 6.59. The minimum Gasteiger partial charge on any atom is -0.452 e. The summed E-state index contributed by atoms with van der Waals surface area (Å²) >= 11 is 0. The van der Waals surface area contributed by atoms with E-state index in [9.17, 15) is 0 Å². The van der Waals surface area contributed by atoms with E-state index in [1.807, 2.05) is 24.3 Å². The van der Waals surface area contributed by atoms with Crippen LogP contribution in [0.15, 0.2) is 186 Å². The molecule has 3 heteroatoms. The molecule has 0 bridgehead atoms. The Labute approximate surface area is 284 Å². The molecule has 49 heavy (non-hydrogen) atoms. The third-order valence-electron chi connectivity index (χ3n) is 9.10. The van der Waals surface area contributed by atoms with Gasteiger partial charge in [-0.05, 0) is 74.8 Å². The van der Waals surface area contributed by atoms with E-state index < -0.39 is 0 Å². The fourth-order valence-electron chi connectivity index (χ4n) is 6.59. The average Bonchev–Trinajstić information content (AvgIpc) is 3.57. The van der Waals surface area contributed by atoms with Crippen molar-refractivity contribution in [1.82, 2.24) is 9.97 Å². The number of nitrogens with zero attached hydrogens (tertiary/aromatic N) is 2. The zero-order chi connectivity index (χ0) is 32.6. The molecule has 0 saturated carbocycles. The molecular formula is C46H30N2O. The van der Waals surface area contributed by atoms with Crippen molar-refractivity contribution in [1.29, 1.82) is 0 Å². The summed E-state index contributed by atoms with van der Waals surface area (Å²) in [7, 11) is 0. The highest BCUT2D eigenvalue weighted by atomic mass is 16.3. The summed E-state index contributed by atoms with van der Waals surface area (Å²) < 4.78 is 6.40. The highest BCUT2D eigenvalue weighted by Crippen LogP contribution is 2.37. The van der Waals surface area contributed by atoms with Gasteiger partial charge in [0.1, 0.15) is 16.8 Å². The van der Waals surface area contributed by atoms with Crippen molar-refractivity contribution < 1.29 is 4.42 Å². The Morgan fingerprint density at radius 3 is 1.37 bits per heavy atom. The van der Waals surface area contributed by atoms with Gasteiger partial charge >= 0.3 is 0 Å². The van der Waals surface area contributed by atoms with Crippen molar-refractivity contribution in [3.8, 4) is 67.2 Å². The molecular weight excluding hydrogens is 597 g/mol. The lowest BCUT2D eigenvalue weighted by Gasteiger charge is -2.10. The fraction of sp³-hybridized carbons (Fsp3) is 0. The first-order chi connectivity index (χ1) is 24.3. The molecule has 0 aliphatic rings. The molecule has 0 N–H and O–H groups in total. The summed E-state index contributed by atoms with van der Waals surface area (Å²) in [6, 6.07) is 63.5. The van der Waals surface area contributed by atoms with E-state index in [0.717, 1.165) is 50.0 Å². The van der Waals surface area contributed by atoms with Crippen molar-refractivity contribution in [3.05, 3.63) is 182 Å². The molecule has 0 saturated heterocycles. The molecule has 0 fully saturated rings. The van der Waals surface area contributed by atoms with Crippen LogP contribution in [0.4, 0.5) is 0 Å². The van der Waals surface area contributed by atoms with Gasteiger partial charge < -0.3 is 4.42 Å². The summed E-state index contributed by atoms with van der Waals surface area (Å²) in [4.78, 5) is 10.3. The molecule has 0 aliphatic carbocycles. The number of hydrogen-bond acceptors (Lipinski definition) is 3. The number of para-hydroxylation sites is 1. The van der Waals surface area contributed by atoms with Crippen molar-refractivity contribution in [2.75, 3.05) is 0 Å². The first-order valence-corrected chi connectivity index (χ1v) is 16.5. The van der Waals surface area contributed by atoms with E-state index in [4.69, 9.17) is 14.4 Å². The van der Waals surface area contributed by atoms with Crippen LogP contribution in [0.25, 0.3) is 89.2 Å². The number of fused-ring (bicyclic) bond motifs is 3. The van der Waals surface area contributed by atoms with Crippen molar-refractivity contribution in [3.63, 3.8) is 0 Å². The van der Waals surface area contributed by atoms with E-state index in [1.54, 1.807) is 0 Å². The van der Waals surface area contributed by atoms with Gasteiger partial charge in [-0.2, -0.15) is 0 Å². The predicted octanol–water partition coefficient (Wildman–Crippen LogP) is 12.4. The quantitative estimate of drug-likeness (QED) is 0.184. The van der Waals surface area contributed by atoms with E-state index in [1.165, 1.54) is 27.8 Å². The molecule has 0 aliphatic heterocycles. The third-order valence-corrected chi connectivity index (χ3v) is 9.10. The zero-order valence-corrected chi connectivity index (χ0v) is 26.6. The van der Waals surface area contributed by atoms with Gasteiger partial charge in [-0.15, -0.1) is 0 Å². The number of aromatic nitrogens is 2. The van der Waals surface area contributed by atoms with Gasteiger partial charge in [0.2, 0.25) is 0 Å². The van der Waals surface area contributed by atoms with Gasteiger partial charge in [0.05, 0.1) is 0 Å². The first kappa shape index (κ1) is 28.6. The van der Waals surface area contributed by atoms with Crippen LogP contribution in [-0.4, -0.2) is 9.97 Å². The lowest BCUT2D eigenvalue weighted by molar-refractivity contribution is 0.667. The molecule has 2 heterocycles. The molecule has 0 spiro atoms. The summed E-state index contributed by atoms with van der Waals surface area (Å²) in [5.41, 5.74) is 14.4. The minimum atomic E-state index is 0.662. The van der Waals surface area contributed by atoms with Crippen molar-refractivity contribution in [2.24, 2.45) is 0 Å². The molecule has 0 atom stereocenters. The summed E-state index contributed by atoms with van der Waals surface area (Å²) in [5, 5.41) is 0.977. The van der Waals surface area contributed by atoms with Crippen molar-refractivity contribution in [2.45, 2.75) is 0 Å². The molecule has 9 rings (SSSR count). The maximum Gasteiger partial charge on any atom is 0.180 e. The second kappa shape index (κ2) is 12.2. The standard InChI is InChI=1S/C46H30N2O/c1-3-12-31(13-4-1)33-24-26-34(27-25-33)43-45-44(41-22-7-8-23-42(41)49-45)48-46(47-43)40-21-11-20-39(30-40)38-19-10-18-37(29-38)36-17-9-16-35(28-36)32-14-5-2-6-15-32/h1-30H. The predicted molar refractivity (Wildman–Crippen MR) is 202 cm³/mol. The molecule has 230 valence electrons. The Balaban J connectivity index is 1.12. The van der Waals surface area contributed by atoms with Crippen LogP contribution < -0.4 is 0 Å². The van der Waals surface area contributed by atoms with Gasteiger partial charge in [-0.25, -0.2) is 9.97 Å². The molecule has 0 unspecified atom stereocenters. The molecule has 0 radical (unpaired) electrons. The Morgan fingerprint density at radius 1 is 0.327 bits per heavy atom. The van der Waals surface area contributed by atoms with E-state index >= 15 is 0 Å². The molecule has 2 aromatic heterocycles. The number of rotatable bonds is 6. The average molecular weight is 627 g/mol. The molecule has 7 aromatic carbocycles. The highest BCUT2D eigenvalue weighted by Gasteiger charge is 2.18. The number of benzene rings is 7. The van der Waals surface area contributed by atoms with Gasteiger partial charge in [-0.3, -0.25) is 0 Å². The van der Waals surface area contributed by atoms with E-state index in [0.29, 0.717) is 11.4 Å². The summed E-state index contributed by atoms with van der Waals surface area (Å²) in [5.74, 6) is 0.662. The Hall–Kier alpha value is -6.58. The SMILES string of the molecule is c1ccc(-c2ccc(-c3nc(-c4cccc(-c5cccc(-c6cccc(-c7ccccc7)c6)c5)c4)nc4c3oc3ccccc34)cc2)cc1. The molecule has 9 aromatic rings. The monoisotopic (exact) mass is 626 g/mol. The van der Waals surface area contributed by atoms with Crippen LogP contribution >= 0.6 is 0 Å². The molecule has 3 nitrogen and oxygen atoms in total. The summed E-state index contributed by atoms with van der Waals surface area (Å²) in [6.45, 7) is 0. The lowest BCUT2D eigenvalue weighted by Crippen LogP contribution is -1.94. The Kier molecular flexibility index (Phi) is 7.14. The van der Waals surface area contributed by atoms with Crippen LogP contribution in [0.2, 0.25) is 0 Å². The largest absolute Gasteiger partial charge is 0.452 e. The summed E-state index contributed by atoms with van der Waals surface area (Å²) in [6.07, 6.45) is 0. The van der Waals surface area contributed by atoms with Gasteiger partial charge in [0.25, 0.3) is 0 Å². The van der Waals surface area contributed by atoms with Crippen LogP contribution in [0.5, 0.6) is 0 Å². The van der Waals surface area contributed by atoms with Crippen LogP contribution in [0, 0.1) is 0 Å². The maximum absolute atomic E-state index is 6.40. The van der Waals surface area contributed by atoms with Crippen LogP contribution in [0.3, 0.4) is 0 Å². The topological polar surface area (TPSA) is 38.9 Å². The zero-order valence-electron chi connectivity index (χ0n) is 26.6. The van der Waals surface area contributed by atoms with Gasteiger partial charge in [0.15, 0.2) is 11.4 Å². The Bertz CT molecular complexity index is 2590. The van der Waals surface area contributed by atoms with Gasteiger partial charge in [0, 0.05) is 16.5 Å². The van der Waals surface area contributed by atoms with Gasteiger partial charge in [-0.1, -0.05) is 152 Å². The van der Waals surface area contributed by atoms with Crippen molar-refractivity contribution >= 4 is 22.1 Å². The minimum absolute atomic E-state index is 0.662. The smallest absolute Gasteiger partial charge is 0.180 e. The van der Waals surface area contributed by atoms with Crippen LogP contribution in [-0.2, 0) is 0 Å². The Morgan fingerprint density at radius 2 is 0.755 bits per heavy atom. The number of furan rings is 1. The lowest BCUT2D eigenvalue weighted by atomic mass is 9.95. The third kappa shape index (κ3) is 5.48. The maximum atomic E-state index is 6.40. The second-order valence-electron chi connectivity index (χ2n) is 12.2. The molecule has 0 amide bonds. The normalized spacial score (nSPS) is 11.3. The second-order valence-corrected chi connectivity index (χ2v) is 12.2.